The highest BCUT2D eigenvalue weighted by Gasteiger charge is 2.27. The van der Waals surface area contributed by atoms with E-state index in [1.54, 1.807) is 0 Å². The molecule has 0 atom stereocenters. The largest absolute Gasteiger partial charge is 0.469 e. The molecule has 2 heterocycles. The molecule has 1 aromatic heterocycles. The number of nitrogens with zero attached hydrogens (tertiary/aromatic N) is 3. The fourth-order valence-corrected chi connectivity index (χ4v) is 3.19. The number of anilines is 3. The predicted molar refractivity (Wildman–Crippen MR) is 102 cm³/mol. The number of carbonyl (C=O) groups excluding carboxylic acids is 1. The van der Waals surface area contributed by atoms with E-state index < -0.39 is 0 Å². The monoisotopic (exact) mass is 375 g/mol. The Balaban J connectivity index is 1.65. The quantitative estimate of drug-likeness (QED) is 0.776. The molecule has 7 nitrogen and oxygen atoms in total. The molecular formula is C18H22ClN5O2. The number of benzene rings is 1. The van der Waals surface area contributed by atoms with Crippen LogP contribution in [-0.4, -0.2) is 36.1 Å². The Morgan fingerprint density at radius 3 is 2.65 bits per heavy atom. The third-order valence-electron chi connectivity index (χ3n) is 4.57. The molecule has 0 unspecified atom stereocenters. The van der Waals surface area contributed by atoms with Gasteiger partial charge in [0.05, 0.1) is 13.0 Å². The van der Waals surface area contributed by atoms with Crippen LogP contribution in [0.4, 0.5) is 17.3 Å². The Labute approximate surface area is 157 Å². The van der Waals surface area contributed by atoms with Crippen molar-refractivity contribution >= 4 is 34.9 Å². The van der Waals surface area contributed by atoms with Gasteiger partial charge in [-0.25, -0.2) is 9.97 Å². The summed E-state index contributed by atoms with van der Waals surface area (Å²) < 4.78 is 4.83. The van der Waals surface area contributed by atoms with Crippen LogP contribution >= 0.6 is 11.6 Å². The molecule has 0 amide bonds. The van der Waals surface area contributed by atoms with E-state index in [1.807, 2.05) is 24.3 Å². The van der Waals surface area contributed by atoms with Crippen LogP contribution in [-0.2, 0) is 16.1 Å². The topological polar surface area (TPSA) is 93.4 Å². The third-order valence-corrected chi connectivity index (χ3v) is 4.82. The zero-order valence-corrected chi connectivity index (χ0v) is 15.4. The lowest BCUT2D eigenvalue weighted by Crippen LogP contribution is -2.37. The molecule has 0 aliphatic carbocycles. The zero-order valence-electron chi connectivity index (χ0n) is 14.6. The molecule has 0 saturated carbocycles. The molecular weight excluding hydrogens is 354 g/mol. The van der Waals surface area contributed by atoms with Crippen molar-refractivity contribution in [2.24, 2.45) is 5.92 Å². The van der Waals surface area contributed by atoms with Gasteiger partial charge >= 0.3 is 5.97 Å². The summed E-state index contributed by atoms with van der Waals surface area (Å²) in [4.78, 5) is 22.3. The molecule has 1 aromatic carbocycles. The summed E-state index contributed by atoms with van der Waals surface area (Å²) in [5, 5.41) is 3.95. The van der Waals surface area contributed by atoms with Crippen molar-refractivity contribution in [3.63, 3.8) is 0 Å². The van der Waals surface area contributed by atoms with E-state index in [0.29, 0.717) is 42.0 Å². The molecule has 1 aliphatic rings. The second kappa shape index (κ2) is 8.23. The predicted octanol–water partition coefficient (Wildman–Crippen LogP) is 2.71. The van der Waals surface area contributed by atoms with Gasteiger partial charge < -0.3 is 20.7 Å². The lowest BCUT2D eigenvalue weighted by molar-refractivity contribution is -0.146. The maximum Gasteiger partial charge on any atom is 0.308 e. The minimum atomic E-state index is -0.148. The van der Waals surface area contributed by atoms with Gasteiger partial charge in [0.25, 0.3) is 0 Å². The average molecular weight is 376 g/mol. The highest BCUT2D eigenvalue weighted by atomic mass is 35.5. The van der Waals surface area contributed by atoms with Gasteiger partial charge in [-0.2, -0.15) is 0 Å². The molecule has 0 spiro atoms. The van der Waals surface area contributed by atoms with Crippen molar-refractivity contribution in [3.05, 3.63) is 41.2 Å². The summed E-state index contributed by atoms with van der Waals surface area (Å²) in [6, 6.07) is 7.59. The van der Waals surface area contributed by atoms with Gasteiger partial charge in [-0.3, -0.25) is 4.79 Å². The van der Waals surface area contributed by atoms with Crippen LogP contribution in [0, 0.1) is 5.92 Å². The first-order valence-electron chi connectivity index (χ1n) is 8.50. The number of hydrogen-bond donors (Lipinski definition) is 2. The molecule has 3 N–H and O–H groups in total. The molecule has 1 aliphatic heterocycles. The van der Waals surface area contributed by atoms with E-state index in [4.69, 9.17) is 22.1 Å². The Morgan fingerprint density at radius 1 is 1.31 bits per heavy atom. The highest BCUT2D eigenvalue weighted by molar-refractivity contribution is 6.30. The molecule has 8 heteroatoms. The van der Waals surface area contributed by atoms with E-state index in [1.165, 1.54) is 13.4 Å². The Bertz CT molecular complexity index is 761. The van der Waals surface area contributed by atoms with Crippen molar-refractivity contribution in [2.45, 2.75) is 19.4 Å². The number of aromatic nitrogens is 2. The Kier molecular flexibility index (Phi) is 5.78. The number of nitrogens with two attached hydrogens (primary N) is 1. The first kappa shape index (κ1) is 18.3. The number of nitrogens with one attached hydrogen (secondary N) is 1. The maximum atomic E-state index is 11.7. The standard InChI is InChI=1S/C18H22ClN5O2/c1-26-18(25)13-6-8-24(9-7-13)17-15(20)16(22-11-23-17)21-10-12-2-4-14(19)5-3-12/h2-5,11,13H,6-10,20H2,1H3,(H,21,22,23). The van der Waals surface area contributed by atoms with Gasteiger partial charge in [0.1, 0.15) is 12.0 Å². The van der Waals surface area contributed by atoms with Crippen LogP contribution in [0.15, 0.2) is 30.6 Å². The zero-order chi connectivity index (χ0) is 18.5. The molecule has 0 bridgehead atoms. The van der Waals surface area contributed by atoms with Crippen molar-refractivity contribution in [1.82, 2.24) is 9.97 Å². The van der Waals surface area contributed by atoms with Gasteiger partial charge in [-0.1, -0.05) is 23.7 Å². The minimum absolute atomic E-state index is 0.0539. The number of piperidine rings is 1. The fourth-order valence-electron chi connectivity index (χ4n) is 3.06. The molecule has 1 fully saturated rings. The van der Waals surface area contributed by atoms with Crippen molar-refractivity contribution in [1.29, 1.82) is 0 Å². The summed E-state index contributed by atoms with van der Waals surface area (Å²) in [5.74, 6) is 1.09. The van der Waals surface area contributed by atoms with Gasteiger partial charge in [-0.15, -0.1) is 0 Å². The van der Waals surface area contributed by atoms with Crippen LogP contribution in [0.2, 0.25) is 5.02 Å². The minimum Gasteiger partial charge on any atom is -0.469 e. The first-order valence-corrected chi connectivity index (χ1v) is 8.88. The number of hydrogen-bond acceptors (Lipinski definition) is 7. The first-order chi connectivity index (χ1) is 12.6. The summed E-state index contributed by atoms with van der Waals surface area (Å²) >= 11 is 5.90. The molecule has 2 aromatic rings. The molecule has 0 radical (unpaired) electrons. The number of rotatable bonds is 5. The number of esters is 1. The van der Waals surface area contributed by atoms with Gasteiger partial charge in [-0.05, 0) is 30.5 Å². The third kappa shape index (κ3) is 4.16. The SMILES string of the molecule is COC(=O)C1CCN(c2ncnc(NCc3ccc(Cl)cc3)c2N)CC1. The van der Waals surface area contributed by atoms with E-state index in [9.17, 15) is 4.79 Å². The van der Waals surface area contributed by atoms with Crippen LogP contribution in [0.3, 0.4) is 0 Å². The van der Waals surface area contributed by atoms with Crippen LogP contribution in [0.5, 0.6) is 0 Å². The lowest BCUT2D eigenvalue weighted by atomic mass is 9.97. The number of ether oxygens (including phenoxy) is 1. The lowest BCUT2D eigenvalue weighted by Gasteiger charge is -2.32. The van der Waals surface area contributed by atoms with Crippen LogP contribution in [0.1, 0.15) is 18.4 Å². The smallest absolute Gasteiger partial charge is 0.308 e. The second-order valence-corrected chi connectivity index (χ2v) is 6.66. The van der Waals surface area contributed by atoms with E-state index in [-0.39, 0.29) is 11.9 Å². The summed E-state index contributed by atoms with van der Waals surface area (Å²) in [5.41, 5.74) is 7.87. The molecule has 3 rings (SSSR count). The summed E-state index contributed by atoms with van der Waals surface area (Å²) in [6.07, 6.45) is 2.95. The Morgan fingerprint density at radius 2 is 2.00 bits per heavy atom. The van der Waals surface area contributed by atoms with Crippen molar-refractivity contribution in [3.8, 4) is 0 Å². The van der Waals surface area contributed by atoms with Crippen LogP contribution < -0.4 is 16.0 Å². The number of halogens is 1. The second-order valence-electron chi connectivity index (χ2n) is 6.22. The van der Waals surface area contributed by atoms with E-state index in [2.05, 4.69) is 20.2 Å². The summed E-state index contributed by atoms with van der Waals surface area (Å²) in [7, 11) is 1.43. The number of nitrogen functional groups attached to an aromatic ring is 1. The number of methoxy groups -OCH3 is 1. The van der Waals surface area contributed by atoms with E-state index >= 15 is 0 Å². The van der Waals surface area contributed by atoms with Crippen LogP contribution in [0.25, 0.3) is 0 Å². The Hall–Kier alpha value is -2.54. The average Bonchev–Trinajstić information content (AvgIpc) is 2.68. The molecule has 1 saturated heterocycles. The number of carbonyl (C=O) groups is 1. The summed E-state index contributed by atoms with van der Waals surface area (Å²) in [6.45, 7) is 2.00. The van der Waals surface area contributed by atoms with Gasteiger partial charge in [0.15, 0.2) is 11.6 Å². The highest BCUT2D eigenvalue weighted by Crippen LogP contribution is 2.30. The van der Waals surface area contributed by atoms with Gasteiger partial charge in [0, 0.05) is 24.7 Å². The van der Waals surface area contributed by atoms with E-state index in [0.717, 1.165) is 18.4 Å². The normalized spacial score (nSPS) is 14.9. The van der Waals surface area contributed by atoms with Gasteiger partial charge in [0.2, 0.25) is 0 Å². The van der Waals surface area contributed by atoms with Crippen molar-refractivity contribution < 1.29 is 9.53 Å². The molecule has 26 heavy (non-hydrogen) atoms. The fraction of sp³-hybridized carbons (Fsp3) is 0.389. The van der Waals surface area contributed by atoms with Crippen molar-refractivity contribution in [2.75, 3.05) is 36.1 Å². The maximum absolute atomic E-state index is 11.7. The molecule has 138 valence electrons.